The number of amides is 1. The third-order valence-electron chi connectivity index (χ3n) is 9.09. The third kappa shape index (κ3) is 6.41. The molecule has 3 aliphatic rings. The molecule has 3 fully saturated rings. The van der Waals surface area contributed by atoms with Gasteiger partial charge in [-0.2, -0.15) is 10.1 Å². The van der Waals surface area contributed by atoms with Crippen molar-refractivity contribution < 1.29 is 22.3 Å². The van der Waals surface area contributed by atoms with Gasteiger partial charge in [0.15, 0.2) is 5.82 Å². The molecule has 46 heavy (non-hydrogen) atoms. The topological polar surface area (TPSA) is 147 Å². The zero-order valence-electron chi connectivity index (χ0n) is 26.3. The third-order valence-corrected chi connectivity index (χ3v) is 10.1. The van der Waals surface area contributed by atoms with Crippen LogP contribution in [0.5, 0.6) is 0 Å². The number of fused-ring (bicyclic) bond motifs is 1. The van der Waals surface area contributed by atoms with Gasteiger partial charge in [-0.3, -0.25) is 4.79 Å². The van der Waals surface area contributed by atoms with Crippen LogP contribution in [0.3, 0.4) is 0 Å². The zero-order chi connectivity index (χ0) is 32.6. The largest absolute Gasteiger partial charge is 0.378 e. The predicted octanol–water partition coefficient (Wildman–Crippen LogP) is 2.68. The number of methoxy groups -OCH3 is 1. The second kappa shape index (κ2) is 12.9. The second-order valence-electron chi connectivity index (χ2n) is 12.2. The first-order chi connectivity index (χ1) is 22.1. The summed E-state index contributed by atoms with van der Waals surface area (Å²) in [5.74, 6) is 7.19. The van der Waals surface area contributed by atoms with Gasteiger partial charge in [0.2, 0.25) is 5.95 Å². The molecular formula is C31H38FN9O4S. The van der Waals surface area contributed by atoms with Gasteiger partial charge in [0, 0.05) is 68.1 Å². The van der Waals surface area contributed by atoms with E-state index >= 15 is 0 Å². The maximum Gasteiger partial charge on any atom is 0.299 e. The summed E-state index contributed by atoms with van der Waals surface area (Å²) in [7, 11) is -1.60. The maximum absolute atomic E-state index is 14.6. The van der Waals surface area contributed by atoms with E-state index < -0.39 is 22.1 Å². The van der Waals surface area contributed by atoms with Crippen LogP contribution < -0.4 is 15.1 Å². The van der Waals surface area contributed by atoms with E-state index in [1.165, 1.54) is 13.4 Å². The predicted molar refractivity (Wildman–Crippen MR) is 172 cm³/mol. The van der Waals surface area contributed by atoms with Gasteiger partial charge in [-0.15, -0.1) is 5.10 Å². The highest BCUT2D eigenvalue weighted by atomic mass is 32.2. The van der Waals surface area contributed by atoms with Gasteiger partial charge in [-0.1, -0.05) is 5.92 Å². The zero-order valence-corrected chi connectivity index (χ0v) is 27.2. The molecule has 0 aliphatic carbocycles. The highest BCUT2D eigenvalue weighted by molar-refractivity contribution is 7.90. The maximum atomic E-state index is 14.6. The van der Waals surface area contributed by atoms with Crippen molar-refractivity contribution in [2.75, 3.05) is 60.4 Å². The van der Waals surface area contributed by atoms with E-state index in [-0.39, 0.29) is 36.2 Å². The first kappa shape index (κ1) is 31.8. The quantitative estimate of drug-likeness (QED) is 0.357. The van der Waals surface area contributed by atoms with Crippen LogP contribution in [-0.4, -0.2) is 108 Å². The number of pyridine rings is 1. The number of rotatable bonds is 8. The number of ether oxygens (including phenoxy) is 1. The van der Waals surface area contributed by atoms with E-state index in [1.807, 2.05) is 17.9 Å². The molecule has 5 atom stereocenters. The summed E-state index contributed by atoms with van der Waals surface area (Å²) in [6.07, 6.45) is 5.07. The average molecular weight is 652 g/mol. The Kier molecular flexibility index (Phi) is 8.93. The molecule has 6 rings (SSSR count). The monoisotopic (exact) mass is 651 g/mol. The van der Waals surface area contributed by atoms with Gasteiger partial charge in [-0.25, -0.2) is 22.8 Å². The van der Waals surface area contributed by atoms with Crippen molar-refractivity contribution in [2.24, 2.45) is 5.92 Å². The van der Waals surface area contributed by atoms with Crippen LogP contribution in [0.4, 0.5) is 27.8 Å². The molecule has 13 nitrogen and oxygen atoms in total. The van der Waals surface area contributed by atoms with Crippen LogP contribution in [0.25, 0.3) is 10.8 Å². The molecule has 0 bridgehead atoms. The molecule has 0 aromatic carbocycles. The number of alkyl halides is 1. The van der Waals surface area contributed by atoms with E-state index in [0.717, 1.165) is 17.2 Å². The highest BCUT2D eigenvalue weighted by Crippen LogP contribution is 2.40. The lowest BCUT2D eigenvalue weighted by Crippen LogP contribution is -2.57. The molecule has 1 amide bonds. The Hall–Kier alpha value is -4.16. The van der Waals surface area contributed by atoms with Crippen LogP contribution in [0.2, 0.25) is 0 Å². The van der Waals surface area contributed by atoms with Crippen molar-refractivity contribution in [3.05, 3.63) is 30.2 Å². The number of halogens is 1. The van der Waals surface area contributed by atoms with E-state index in [2.05, 4.69) is 42.3 Å². The fourth-order valence-corrected chi connectivity index (χ4v) is 7.80. The number of likely N-dealkylation sites (tertiary alicyclic amines) is 1. The minimum absolute atomic E-state index is 0.0177. The van der Waals surface area contributed by atoms with Gasteiger partial charge in [-0.05, 0) is 51.2 Å². The highest BCUT2D eigenvalue weighted by Gasteiger charge is 2.40. The molecule has 0 saturated carbocycles. The van der Waals surface area contributed by atoms with Crippen LogP contribution in [0.1, 0.15) is 44.8 Å². The van der Waals surface area contributed by atoms with Crippen molar-refractivity contribution >= 4 is 49.9 Å². The van der Waals surface area contributed by atoms with Gasteiger partial charge in [0.25, 0.3) is 5.91 Å². The molecular weight excluding hydrogens is 613 g/mol. The lowest BCUT2D eigenvalue weighted by atomic mass is 9.91. The standard InChI is InChI=1S/C31H38FN9O4S/c1-5-7-28(42)40-12-6-8-24(40)29-21-14-27(35-26-9-11-33-31(36-26)39-13-10-25(45-3)23(32)17-39)34-15-22(21)30(38-37-29)41-16-20(19(41)2)18-46(4,43)44/h9,11,14-15,19-20,23-25H,6,8,10,12-13,16-18H2,1-4H3,(H,33,34,35,36)/t19-,20-,23+,24?,25-/m1/s1. The van der Waals surface area contributed by atoms with Gasteiger partial charge >= 0.3 is 0 Å². The fourth-order valence-electron chi connectivity index (χ4n) is 6.63. The van der Waals surface area contributed by atoms with Crippen LogP contribution in [-0.2, 0) is 19.4 Å². The molecule has 6 heterocycles. The lowest BCUT2D eigenvalue weighted by molar-refractivity contribution is -0.126. The van der Waals surface area contributed by atoms with Crippen LogP contribution >= 0.6 is 0 Å². The Morgan fingerprint density at radius 3 is 2.70 bits per heavy atom. The first-order valence-corrected chi connectivity index (χ1v) is 17.5. The minimum atomic E-state index is -3.12. The average Bonchev–Trinajstić information content (AvgIpc) is 3.52. The van der Waals surface area contributed by atoms with E-state index in [9.17, 15) is 17.6 Å². The molecule has 0 radical (unpaired) electrons. The van der Waals surface area contributed by atoms with E-state index in [0.29, 0.717) is 61.6 Å². The lowest BCUT2D eigenvalue weighted by Gasteiger charge is -2.47. The van der Waals surface area contributed by atoms with E-state index in [4.69, 9.17) is 4.74 Å². The Labute approximate surface area is 267 Å². The number of nitrogens with one attached hydrogen (secondary N) is 1. The summed E-state index contributed by atoms with van der Waals surface area (Å²) in [5, 5.41) is 14.1. The number of aromatic nitrogens is 5. The van der Waals surface area contributed by atoms with Gasteiger partial charge in [0.1, 0.15) is 27.6 Å². The van der Waals surface area contributed by atoms with Crippen LogP contribution in [0, 0.1) is 17.8 Å². The number of piperidine rings is 1. The molecule has 0 spiro atoms. The van der Waals surface area contributed by atoms with Crippen molar-refractivity contribution in [1.29, 1.82) is 0 Å². The van der Waals surface area contributed by atoms with Crippen molar-refractivity contribution in [2.45, 2.75) is 57.5 Å². The van der Waals surface area contributed by atoms with Crippen molar-refractivity contribution in [1.82, 2.24) is 30.0 Å². The molecule has 244 valence electrons. The van der Waals surface area contributed by atoms with Crippen molar-refractivity contribution in [3.63, 3.8) is 0 Å². The molecule has 1 N–H and O–H groups in total. The number of carbonyl (C=O) groups is 1. The Balaban J connectivity index is 1.33. The summed E-state index contributed by atoms with van der Waals surface area (Å²) in [6.45, 7) is 5.43. The number of hydrogen-bond acceptors (Lipinski definition) is 12. The molecule has 3 saturated heterocycles. The first-order valence-electron chi connectivity index (χ1n) is 15.4. The number of carbonyl (C=O) groups excluding carboxylic acids is 1. The Morgan fingerprint density at radius 2 is 1.98 bits per heavy atom. The fraction of sp³-hybridized carbons (Fsp3) is 0.548. The number of hydrogen-bond donors (Lipinski definition) is 1. The molecule has 3 aliphatic heterocycles. The molecule has 1 unspecified atom stereocenters. The van der Waals surface area contributed by atoms with E-state index in [1.54, 1.807) is 35.2 Å². The minimum Gasteiger partial charge on any atom is -0.378 e. The number of sulfone groups is 1. The normalized spacial score (nSPS) is 24.8. The molecule has 3 aromatic heterocycles. The number of nitrogens with zero attached hydrogens (tertiary/aromatic N) is 8. The smallest absolute Gasteiger partial charge is 0.299 e. The Morgan fingerprint density at radius 1 is 1.15 bits per heavy atom. The van der Waals surface area contributed by atoms with Gasteiger partial charge < -0.3 is 24.8 Å². The van der Waals surface area contributed by atoms with Crippen LogP contribution in [0.15, 0.2) is 24.5 Å². The van der Waals surface area contributed by atoms with Crippen molar-refractivity contribution in [3.8, 4) is 11.8 Å². The van der Waals surface area contributed by atoms with Gasteiger partial charge in [0.05, 0.1) is 30.1 Å². The number of anilines is 4. The Bertz CT molecular complexity index is 1800. The summed E-state index contributed by atoms with van der Waals surface area (Å²) < 4.78 is 43.7. The second-order valence-corrected chi connectivity index (χ2v) is 14.4. The molecule has 3 aromatic rings. The molecule has 15 heteroatoms. The summed E-state index contributed by atoms with van der Waals surface area (Å²) in [4.78, 5) is 32.2. The summed E-state index contributed by atoms with van der Waals surface area (Å²) in [5.41, 5.74) is 0.646. The SMILES string of the molecule is CC#CC(=O)N1CCCC1c1nnc(N2C[C@H](CS(C)(=O)=O)[C@H]2C)c2cnc(Nc3ccnc(N4CC[C@@H](OC)[C@@H](F)C4)n3)cc12. The summed E-state index contributed by atoms with van der Waals surface area (Å²) in [6, 6.07) is 3.22. The summed E-state index contributed by atoms with van der Waals surface area (Å²) >= 11 is 0.